The molecule has 3 heterocycles. The quantitative estimate of drug-likeness (QED) is 0.250. The molecule has 2 aromatic heterocycles. The van der Waals surface area contributed by atoms with Crippen molar-refractivity contribution in [2.24, 2.45) is 0 Å². The molecule has 6 aromatic rings. The monoisotopic (exact) mass is 506 g/mol. The third-order valence-corrected chi connectivity index (χ3v) is 6.96. The second-order valence-electron chi connectivity index (χ2n) is 9.42. The number of para-hydroxylation sites is 1. The number of ether oxygens (including phenoxy) is 2. The summed E-state index contributed by atoms with van der Waals surface area (Å²) >= 11 is 0. The van der Waals surface area contributed by atoms with Crippen molar-refractivity contribution in [3.8, 4) is 56.9 Å². The van der Waals surface area contributed by atoms with Crippen LogP contribution in [-0.2, 0) is 0 Å². The molecule has 0 atom stereocenters. The Labute approximate surface area is 225 Å². The second-order valence-corrected chi connectivity index (χ2v) is 9.42. The van der Waals surface area contributed by atoms with Crippen LogP contribution < -0.4 is 9.47 Å². The van der Waals surface area contributed by atoms with Crippen LogP contribution in [0.15, 0.2) is 103 Å². The van der Waals surface area contributed by atoms with Crippen LogP contribution in [0.5, 0.6) is 11.5 Å². The number of hydrogen-bond donors (Lipinski definition) is 0. The molecule has 0 amide bonds. The summed E-state index contributed by atoms with van der Waals surface area (Å²) in [6, 6.07) is 36.3. The minimum absolute atomic E-state index is 0.172. The lowest BCUT2D eigenvalue weighted by molar-refractivity contribution is 0.174. The Hall–Kier alpha value is -5.41. The van der Waals surface area contributed by atoms with Gasteiger partial charge in [-0.2, -0.15) is 10.4 Å². The van der Waals surface area contributed by atoms with E-state index in [4.69, 9.17) is 19.6 Å². The Kier molecular flexibility index (Phi) is 5.35. The maximum absolute atomic E-state index is 10.6. The van der Waals surface area contributed by atoms with Gasteiger partial charge in [0, 0.05) is 16.7 Å². The van der Waals surface area contributed by atoms with Gasteiger partial charge in [0.1, 0.15) is 11.8 Å². The molecule has 0 radical (unpaired) electrons. The smallest absolute Gasteiger partial charge is 0.231 e. The first-order chi connectivity index (χ1) is 19.2. The first-order valence-corrected chi connectivity index (χ1v) is 12.7. The van der Waals surface area contributed by atoms with E-state index in [9.17, 15) is 5.26 Å². The van der Waals surface area contributed by atoms with Crippen LogP contribution in [0.2, 0.25) is 0 Å². The van der Waals surface area contributed by atoms with Gasteiger partial charge in [-0.1, -0.05) is 84.4 Å². The second kappa shape index (κ2) is 9.16. The molecule has 0 saturated carbocycles. The van der Waals surface area contributed by atoms with Crippen molar-refractivity contribution >= 4 is 11.0 Å². The van der Waals surface area contributed by atoms with Crippen molar-refractivity contribution in [2.75, 3.05) is 6.79 Å². The Morgan fingerprint density at radius 1 is 0.744 bits per heavy atom. The van der Waals surface area contributed by atoms with Gasteiger partial charge in [0.25, 0.3) is 0 Å². The van der Waals surface area contributed by atoms with Gasteiger partial charge in [0.05, 0.1) is 22.3 Å². The van der Waals surface area contributed by atoms with Crippen LogP contribution in [0.1, 0.15) is 11.1 Å². The number of nitrogens with zero attached hydrogens (tertiary/aromatic N) is 4. The molecule has 0 spiro atoms. The molecule has 0 bridgehead atoms. The van der Waals surface area contributed by atoms with Gasteiger partial charge in [0.15, 0.2) is 17.1 Å². The lowest BCUT2D eigenvalue weighted by atomic mass is 9.91. The van der Waals surface area contributed by atoms with E-state index >= 15 is 0 Å². The van der Waals surface area contributed by atoms with Crippen molar-refractivity contribution < 1.29 is 9.47 Å². The van der Waals surface area contributed by atoms with Gasteiger partial charge in [-0.05, 0) is 36.8 Å². The summed E-state index contributed by atoms with van der Waals surface area (Å²) in [6.45, 7) is 2.21. The fourth-order valence-corrected chi connectivity index (χ4v) is 5.07. The molecule has 0 aliphatic carbocycles. The first-order valence-electron chi connectivity index (χ1n) is 12.7. The zero-order valence-corrected chi connectivity index (χ0v) is 21.1. The third-order valence-electron chi connectivity index (χ3n) is 6.96. The fourth-order valence-electron chi connectivity index (χ4n) is 5.07. The minimum atomic E-state index is 0.172. The lowest BCUT2D eigenvalue weighted by Crippen LogP contribution is -2.01. The molecule has 0 N–H and O–H groups in total. The van der Waals surface area contributed by atoms with Gasteiger partial charge in [-0.15, -0.1) is 0 Å². The van der Waals surface area contributed by atoms with E-state index in [1.165, 1.54) is 0 Å². The van der Waals surface area contributed by atoms with Crippen molar-refractivity contribution in [3.63, 3.8) is 0 Å². The molecule has 4 aromatic carbocycles. The SMILES string of the molecule is Cc1ccc(-c2nc3c(c(-c4ccccc4)nn3-c3ccccc3)c(-c3ccc4c(c3)OCO4)c2C#N)cc1. The number of hydrogen-bond acceptors (Lipinski definition) is 5. The Morgan fingerprint density at radius 3 is 2.15 bits per heavy atom. The zero-order chi connectivity index (χ0) is 26.3. The van der Waals surface area contributed by atoms with E-state index in [-0.39, 0.29) is 6.79 Å². The van der Waals surface area contributed by atoms with Crippen LogP contribution in [0.25, 0.3) is 50.4 Å². The number of benzene rings is 4. The minimum Gasteiger partial charge on any atom is -0.454 e. The summed E-state index contributed by atoms with van der Waals surface area (Å²) in [5.74, 6) is 1.33. The predicted octanol–water partition coefficient (Wildman–Crippen LogP) is 7.33. The van der Waals surface area contributed by atoms with E-state index < -0.39 is 0 Å². The molecule has 1 aliphatic heterocycles. The summed E-state index contributed by atoms with van der Waals surface area (Å²) in [4.78, 5) is 5.15. The van der Waals surface area contributed by atoms with Crippen molar-refractivity contribution in [3.05, 3.63) is 114 Å². The van der Waals surface area contributed by atoms with Crippen LogP contribution in [0, 0.1) is 18.3 Å². The summed E-state index contributed by atoms with van der Waals surface area (Å²) in [5.41, 5.74) is 7.92. The molecule has 186 valence electrons. The van der Waals surface area contributed by atoms with Crippen molar-refractivity contribution in [2.45, 2.75) is 6.92 Å². The lowest BCUT2D eigenvalue weighted by Gasteiger charge is -2.14. The number of aromatic nitrogens is 3. The van der Waals surface area contributed by atoms with Crippen LogP contribution >= 0.6 is 0 Å². The highest BCUT2D eigenvalue weighted by molar-refractivity contribution is 6.07. The van der Waals surface area contributed by atoms with Gasteiger partial charge >= 0.3 is 0 Å². The van der Waals surface area contributed by atoms with Crippen molar-refractivity contribution in [1.29, 1.82) is 5.26 Å². The molecular formula is C33H22N4O2. The number of nitriles is 1. The normalized spacial score (nSPS) is 12.0. The molecule has 6 heteroatoms. The highest BCUT2D eigenvalue weighted by Crippen LogP contribution is 2.44. The van der Waals surface area contributed by atoms with Crippen LogP contribution in [-0.4, -0.2) is 21.6 Å². The molecule has 0 fully saturated rings. The number of aryl methyl sites for hydroxylation is 1. The molecular weight excluding hydrogens is 484 g/mol. The van der Waals surface area contributed by atoms with E-state index in [1.54, 1.807) is 0 Å². The van der Waals surface area contributed by atoms with E-state index in [0.29, 0.717) is 28.4 Å². The number of fused-ring (bicyclic) bond motifs is 2. The molecule has 7 rings (SSSR count). The van der Waals surface area contributed by atoms with E-state index in [2.05, 4.69) is 6.07 Å². The number of pyridine rings is 1. The molecule has 0 saturated heterocycles. The summed E-state index contributed by atoms with van der Waals surface area (Å²) in [6.07, 6.45) is 0. The van der Waals surface area contributed by atoms with Crippen LogP contribution in [0.3, 0.4) is 0 Å². The van der Waals surface area contributed by atoms with Crippen LogP contribution in [0.4, 0.5) is 0 Å². The first kappa shape index (κ1) is 22.8. The Balaban J connectivity index is 1.65. The topological polar surface area (TPSA) is 73.0 Å². The molecule has 1 aliphatic rings. The fraction of sp³-hybridized carbons (Fsp3) is 0.0606. The van der Waals surface area contributed by atoms with Crippen molar-refractivity contribution in [1.82, 2.24) is 14.8 Å². The van der Waals surface area contributed by atoms with Gasteiger partial charge in [0.2, 0.25) is 6.79 Å². The predicted molar refractivity (Wildman–Crippen MR) is 151 cm³/mol. The summed E-state index contributed by atoms with van der Waals surface area (Å²) < 4.78 is 13.2. The third kappa shape index (κ3) is 3.80. The molecule has 6 nitrogen and oxygen atoms in total. The Bertz CT molecular complexity index is 1890. The maximum atomic E-state index is 10.6. The highest BCUT2D eigenvalue weighted by Gasteiger charge is 2.27. The molecule has 0 unspecified atom stereocenters. The average molecular weight is 507 g/mol. The van der Waals surface area contributed by atoms with Gasteiger partial charge < -0.3 is 9.47 Å². The number of rotatable bonds is 4. The zero-order valence-electron chi connectivity index (χ0n) is 21.1. The largest absolute Gasteiger partial charge is 0.454 e. The summed E-state index contributed by atoms with van der Waals surface area (Å²) in [7, 11) is 0. The standard InChI is InChI=1S/C33H22N4O2/c1-21-12-14-23(15-13-21)31-26(19-34)29(24-16-17-27-28(18-24)39-20-38-27)30-32(22-8-4-2-5-9-22)36-37(33(30)35-31)25-10-6-3-7-11-25/h2-18H,20H2,1H3. The van der Waals surface area contributed by atoms with E-state index in [1.807, 2.05) is 115 Å². The van der Waals surface area contributed by atoms with Gasteiger partial charge in [-0.25, -0.2) is 9.67 Å². The highest BCUT2D eigenvalue weighted by atomic mass is 16.7. The summed E-state index contributed by atoms with van der Waals surface area (Å²) in [5, 5.41) is 16.5. The molecule has 39 heavy (non-hydrogen) atoms. The maximum Gasteiger partial charge on any atom is 0.231 e. The van der Waals surface area contributed by atoms with Gasteiger partial charge in [-0.3, -0.25) is 0 Å². The van der Waals surface area contributed by atoms with E-state index in [0.717, 1.165) is 44.6 Å². The Morgan fingerprint density at radius 2 is 1.41 bits per heavy atom. The average Bonchev–Trinajstić information content (AvgIpc) is 3.62.